The standard InChI is InChI=1S/C18H25ClN2O3S/c1-13-9-15(16(24-2)10-14(13)19)20-17(22)11-25-12-18(23)21-7-5-3-4-6-8-21/h9-10H,3-8,11-12H2,1-2H3,(H,20,22). The summed E-state index contributed by atoms with van der Waals surface area (Å²) in [6, 6.07) is 3.47. The maximum Gasteiger partial charge on any atom is 0.234 e. The van der Waals surface area contributed by atoms with Gasteiger partial charge in [0.1, 0.15) is 5.75 Å². The van der Waals surface area contributed by atoms with Crippen molar-refractivity contribution in [3.8, 4) is 5.75 Å². The molecule has 1 N–H and O–H groups in total. The number of hydrogen-bond acceptors (Lipinski definition) is 4. The number of aryl methyl sites for hydroxylation is 1. The number of likely N-dealkylation sites (tertiary alicyclic amines) is 1. The molecule has 0 unspecified atom stereocenters. The molecule has 1 aliphatic heterocycles. The first-order chi connectivity index (χ1) is 12.0. The van der Waals surface area contributed by atoms with Crippen molar-refractivity contribution in [3.05, 3.63) is 22.7 Å². The number of halogens is 1. The van der Waals surface area contributed by atoms with Crippen LogP contribution in [0.5, 0.6) is 5.75 Å². The summed E-state index contributed by atoms with van der Waals surface area (Å²) >= 11 is 7.41. The van der Waals surface area contributed by atoms with Crippen molar-refractivity contribution in [1.82, 2.24) is 4.90 Å². The molecule has 1 saturated heterocycles. The number of ether oxygens (including phenoxy) is 1. The molecule has 138 valence electrons. The lowest BCUT2D eigenvalue weighted by molar-refractivity contribution is -0.128. The van der Waals surface area contributed by atoms with Crippen molar-refractivity contribution in [2.24, 2.45) is 0 Å². The Morgan fingerprint density at radius 3 is 2.52 bits per heavy atom. The number of carbonyl (C=O) groups excluding carboxylic acids is 2. The van der Waals surface area contributed by atoms with Crippen LogP contribution >= 0.6 is 23.4 Å². The van der Waals surface area contributed by atoms with Crippen molar-refractivity contribution in [2.45, 2.75) is 32.6 Å². The van der Waals surface area contributed by atoms with E-state index in [1.54, 1.807) is 12.1 Å². The average Bonchev–Trinajstić information content (AvgIpc) is 2.87. The molecular formula is C18H25ClN2O3S. The van der Waals surface area contributed by atoms with Gasteiger partial charge in [-0.05, 0) is 31.4 Å². The Labute approximate surface area is 158 Å². The van der Waals surface area contributed by atoms with Gasteiger partial charge in [0.15, 0.2) is 0 Å². The molecule has 25 heavy (non-hydrogen) atoms. The largest absolute Gasteiger partial charge is 0.495 e. The zero-order valence-electron chi connectivity index (χ0n) is 14.8. The molecule has 1 heterocycles. The molecule has 0 aliphatic carbocycles. The molecule has 1 fully saturated rings. The first kappa shape index (κ1) is 19.9. The van der Waals surface area contributed by atoms with Crippen LogP contribution in [0.4, 0.5) is 5.69 Å². The minimum atomic E-state index is -0.159. The number of anilines is 1. The molecule has 5 nitrogen and oxygen atoms in total. The second-order valence-corrected chi connectivity index (χ2v) is 7.53. The van der Waals surface area contributed by atoms with Crippen molar-refractivity contribution >= 4 is 40.9 Å². The minimum Gasteiger partial charge on any atom is -0.495 e. The van der Waals surface area contributed by atoms with Crippen LogP contribution in [0.15, 0.2) is 12.1 Å². The normalized spacial score (nSPS) is 14.8. The third kappa shape index (κ3) is 6.12. The van der Waals surface area contributed by atoms with Crippen LogP contribution in [-0.2, 0) is 9.59 Å². The second kappa shape index (κ2) is 9.92. The van der Waals surface area contributed by atoms with Crippen molar-refractivity contribution in [2.75, 3.05) is 37.0 Å². The number of amides is 2. The zero-order valence-corrected chi connectivity index (χ0v) is 16.3. The summed E-state index contributed by atoms with van der Waals surface area (Å²) < 4.78 is 5.25. The molecule has 2 rings (SSSR count). The molecule has 0 atom stereocenters. The average molecular weight is 385 g/mol. The van der Waals surface area contributed by atoms with Crippen LogP contribution < -0.4 is 10.1 Å². The Bertz CT molecular complexity index is 617. The number of rotatable bonds is 6. The highest BCUT2D eigenvalue weighted by molar-refractivity contribution is 8.00. The van der Waals surface area contributed by atoms with E-state index in [2.05, 4.69) is 5.32 Å². The summed E-state index contributed by atoms with van der Waals surface area (Å²) in [6.45, 7) is 3.55. The van der Waals surface area contributed by atoms with Gasteiger partial charge in [-0.25, -0.2) is 0 Å². The monoisotopic (exact) mass is 384 g/mol. The van der Waals surface area contributed by atoms with Gasteiger partial charge in [0.05, 0.1) is 24.3 Å². The molecule has 1 aromatic rings. The van der Waals surface area contributed by atoms with Crippen LogP contribution in [0.25, 0.3) is 0 Å². The Kier molecular flexibility index (Phi) is 7.90. The Morgan fingerprint density at radius 2 is 1.88 bits per heavy atom. The highest BCUT2D eigenvalue weighted by Crippen LogP contribution is 2.31. The van der Waals surface area contributed by atoms with Gasteiger partial charge >= 0.3 is 0 Å². The number of hydrogen-bond donors (Lipinski definition) is 1. The highest BCUT2D eigenvalue weighted by atomic mass is 35.5. The van der Waals surface area contributed by atoms with E-state index < -0.39 is 0 Å². The first-order valence-electron chi connectivity index (χ1n) is 8.50. The van der Waals surface area contributed by atoms with Crippen LogP contribution in [0, 0.1) is 6.92 Å². The molecule has 0 bridgehead atoms. The summed E-state index contributed by atoms with van der Waals surface area (Å²) in [5, 5.41) is 3.41. The Balaban J connectivity index is 1.81. The lowest BCUT2D eigenvalue weighted by Gasteiger charge is -2.19. The maximum absolute atomic E-state index is 12.2. The van der Waals surface area contributed by atoms with Crippen LogP contribution in [0.2, 0.25) is 5.02 Å². The molecule has 1 aliphatic rings. The van der Waals surface area contributed by atoms with Gasteiger partial charge in [-0.1, -0.05) is 24.4 Å². The van der Waals surface area contributed by atoms with Crippen LogP contribution in [-0.4, -0.2) is 48.4 Å². The molecule has 1 aromatic carbocycles. The molecule has 2 amide bonds. The maximum atomic E-state index is 12.2. The van der Waals surface area contributed by atoms with E-state index in [1.165, 1.54) is 31.7 Å². The zero-order chi connectivity index (χ0) is 18.2. The van der Waals surface area contributed by atoms with Crippen LogP contribution in [0.1, 0.15) is 31.2 Å². The fourth-order valence-electron chi connectivity index (χ4n) is 2.76. The first-order valence-corrected chi connectivity index (χ1v) is 10.0. The van der Waals surface area contributed by atoms with Gasteiger partial charge in [0, 0.05) is 24.2 Å². The number of benzene rings is 1. The van der Waals surface area contributed by atoms with Gasteiger partial charge in [-0.3, -0.25) is 9.59 Å². The van der Waals surface area contributed by atoms with Crippen molar-refractivity contribution < 1.29 is 14.3 Å². The van der Waals surface area contributed by atoms with Gasteiger partial charge < -0.3 is 15.0 Å². The van der Waals surface area contributed by atoms with Gasteiger partial charge in [-0.15, -0.1) is 11.8 Å². The van der Waals surface area contributed by atoms with Crippen molar-refractivity contribution in [3.63, 3.8) is 0 Å². The topological polar surface area (TPSA) is 58.6 Å². The van der Waals surface area contributed by atoms with Gasteiger partial charge in [0.25, 0.3) is 0 Å². The predicted octanol–water partition coefficient (Wildman–Crippen LogP) is 3.73. The van der Waals surface area contributed by atoms with E-state index in [-0.39, 0.29) is 17.6 Å². The smallest absolute Gasteiger partial charge is 0.234 e. The SMILES string of the molecule is COc1cc(Cl)c(C)cc1NC(=O)CSCC(=O)N1CCCCCC1. The minimum absolute atomic E-state index is 0.125. The molecular weight excluding hydrogens is 360 g/mol. The van der Waals surface area contributed by atoms with E-state index in [9.17, 15) is 9.59 Å². The quantitative estimate of drug-likeness (QED) is 0.811. The summed E-state index contributed by atoms with van der Waals surface area (Å²) in [7, 11) is 1.53. The molecule has 0 spiro atoms. The number of carbonyl (C=O) groups is 2. The van der Waals surface area contributed by atoms with Gasteiger partial charge in [-0.2, -0.15) is 0 Å². The Morgan fingerprint density at radius 1 is 1.20 bits per heavy atom. The predicted molar refractivity (Wildman–Crippen MR) is 104 cm³/mol. The van der Waals surface area contributed by atoms with Crippen molar-refractivity contribution in [1.29, 1.82) is 0 Å². The number of methoxy groups -OCH3 is 1. The van der Waals surface area contributed by atoms with E-state index in [0.717, 1.165) is 31.5 Å². The third-order valence-corrected chi connectivity index (χ3v) is 5.50. The van der Waals surface area contributed by atoms with E-state index in [1.807, 2.05) is 11.8 Å². The number of nitrogens with zero attached hydrogens (tertiary/aromatic N) is 1. The Hall–Kier alpha value is -1.40. The summed E-state index contributed by atoms with van der Waals surface area (Å²) in [6.07, 6.45) is 4.54. The number of thioether (sulfide) groups is 1. The summed E-state index contributed by atoms with van der Waals surface area (Å²) in [5.74, 6) is 1.05. The fraction of sp³-hybridized carbons (Fsp3) is 0.556. The fourth-order valence-corrected chi connectivity index (χ4v) is 3.63. The highest BCUT2D eigenvalue weighted by Gasteiger charge is 2.16. The van der Waals surface area contributed by atoms with E-state index in [0.29, 0.717) is 22.2 Å². The number of nitrogens with one attached hydrogen (secondary N) is 1. The van der Waals surface area contributed by atoms with E-state index >= 15 is 0 Å². The third-order valence-electron chi connectivity index (χ3n) is 4.17. The summed E-state index contributed by atoms with van der Waals surface area (Å²) in [4.78, 5) is 26.3. The molecule has 0 saturated carbocycles. The van der Waals surface area contributed by atoms with Crippen LogP contribution in [0.3, 0.4) is 0 Å². The second-order valence-electron chi connectivity index (χ2n) is 6.14. The lowest BCUT2D eigenvalue weighted by Crippen LogP contribution is -2.33. The molecule has 0 radical (unpaired) electrons. The van der Waals surface area contributed by atoms with Gasteiger partial charge in [0.2, 0.25) is 11.8 Å². The van der Waals surface area contributed by atoms with E-state index in [4.69, 9.17) is 16.3 Å². The summed E-state index contributed by atoms with van der Waals surface area (Å²) in [5.41, 5.74) is 1.45. The molecule has 0 aromatic heterocycles. The lowest BCUT2D eigenvalue weighted by atomic mass is 10.2. The molecule has 7 heteroatoms.